The number of nitrogens with two attached hydrogens (primary N) is 1. The number of aryl methyl sites for hydroxylation is 1. The summed E-state index contributed by atoms with van der Waals surface area (Å²) in [5.74, 6) is 1.19. The molecule has 1 aromatic heterocycles. The van der Waals surface area contributed by atoms with E-state index in [9.17, 15) is 4.39 Å². The van der Waals surface area contributed by atoms with Crippen molar-refractivity contribution in [2.24, 2.45) is 0 Å². The Morgan fingerprint density at radius 3 is 3.06 bits per heavy atom. The first kappa shape index (κ1) is 10.1. The maximum Gasteiger partial charge on any atom is 0.157 e. The molecule has 0 spiro atoms. The van der Waals surface area contributed by atoms with Crippen LogP contribution >= 0.6 is 0 Å². The average molecular weight is 233 g/mol. The molecular weight excluding hydrogens is 221 g/mol. The zero-order chi connectivity index (χ0) is 12.0. The predicted octanol–water partition coefficient (Wildman–Crippen LogP) is 1.48. The monoisotopic (exact) mass is 233 g/mol. The van der Waals surface area contributed by atoms with E-state index in [1.54, 1.807) is 6.07 Å². The van der Waals surface area contributed by atoms with Crippen molar-refractivity contribution in [3.05, 3.63) is 29.6 Å². The number of aromatic nitrogens is 3. The van der Waals surface area contributed by atoms with E-state index >= 15 is 0 Å². The summed E-state index contributed by atoms with van der Waals surface area (Å²) in [6.45, 7) is 2.57. The van der Waals surface area contributed by atoms with E-state index in [0.717, 1.165) is 29.4 Å². The Morgan fingerprint density at radius 1 is 1.47 bits per heavy atom. The minimum atomic E-state index is -0.422. The minimum absolute atomic E-state index is 0.144. The number of halogens is 1. The molecule has 1 aliphatic heterocycles. The quantitative estimate of drug-likeness (QED) is 0.732. The molecule has 0 saturated carbocycles. The van der Waals surface area contributed by atoms with E-state index in [2.05, 4.69) is 15.5 Å². The van der Waals surface area contributed by atoms with Gasteiger partial charge in [0.25, 0.3) is 0 Å². The molecular formula is C11H12FN5. The molecule has 1 aliphatic rings. The molecule has 6 heteroatoms. The number of nitrogens with one attached hydrogen (secondary N) is 1. The average Bonchev–Trinajstić information content (AvgIpc) is 2.74. The Bertz CT molecular complexity index is 576. The fraction of sp³-hybridized carbons (Fsp3) is 0.273. The summed E-state index contributed by atoms with van der Waals surface area (Å²) in [5, 5.41) is 11.3. The summed E-state index contributed by atoms with van der Waals surface area (Å²) < 4.78 is 15.4. The van der Waals surface area contributed by atoms with Gasteiger partial charge in [-0.25, -0.2) is 4.39 Å². The van der Waals surface area contributed by atoms with Gasteiger partial charge in [-0.2, -0.15) is 0 Å². The summed E-state index contributed by atoms with van der Waals surface area (Å²) in [6.07, 6.45) is 0.748. The van der Waals surface area contributed by atoms with Crippen LogP contribution in [0.15, 0.2) is 12.1 Å². The normalized spacial score (nSPS) is 12.8. The predicted molar refractivity (Wildman–Crippen MR) is 62.4 cm³/mol. The lowest BCUT2D eigenvalue weighted by atomic mass is 10.2. The fourth-order valence-corrected chi connectivity index (χ4v) is 2.06. The first-order valence-corrected chi connectivity index (χ1v) is 5.47. The van der Waals surface area contributed by atoms with Crippen molar-refractivity contribution in [2.75, 3.05) is 11.1 Å². The number of rotatable bonds is 1. The smallest absolute Gasteiger partial charge is 0.157 e. The molecule has 0 fully saturated rings. The van der Waals surface area contributed by atoms with Crippen LogP contribution in [0.25, 0.3) is 5.69 Å². The maximum absolute atomic E-state index is 13.5. The molecule has 3 rings (SSSR count). The number of hydrogen-bond donors (Lipinski definition) is 2. The molecule has 2 aromatic rings. The first-order chi connectivity index (χ1) is 8.20. The summed E-state index contributed by atoms with van der Waals surface area (Å²) in [4.78, 5) is 0. The molecule has 0 aliphatic carbocycles. The minimum Gasteiger partial charge on any atom is -0.396 e. The molecule has 0 bridgehead atoms. The first-order valence-electron chi connectivity index (χ1n) is 5.47. The van der Waals surface area contributed by atoms with Gasteiger partial charge >= 0.3 is 0 Å². The maximum atomic E-state index is 13.5. The second kappa shape index (κ2) is 3.44. The third-order valence-electron chi connectivity index (χ3n) is 2.91. The standard InChI is InChI=1S/C11H12FN5/c1-2-10-15-16-11-5-14-8-4-7(13)6(12)3-9(8)17(10)11/h3-4,14H,2,5,13H2,1H3. The number of nitrogens with zero attached hydrogens (tertiary/aromatic N) is 3. The van der Waals surface area contributed by atoms with Crippen LogP contribution < -0.4 is 11.1 Å². The van der Waals surface area contributed by atoms with Gasteiger partial charge in [0.2, 0.25) is 0 Å². The summed E-state index contributed by atoms with van der Waals surface area (Å²) in [5.41, 5.74) is 7.23. The van der Waals surface area contributed by atoms with Crippen molar-refractivity contribution in [2.45, 2.75) is 19.9 Å². The second-order valence-electron chi connectivity index (χ2n) is 3.97. The van der Waals surface area contributed by atoms with Crippen LogP contribution in [0.1, 0.15) is 18.6 Å². The SMILES string of the molecule is CCc1nnc2n1-c1cc(F)c(N)cc1NC2. The molecule has 0 atom stereocenters. The largest absolute Gasteiger partial charge is 0.396 e. The highest BCUT2D eigenvalue weighted by atomic mass is 19.1. The molecule has 1 aromatic carbocycles. The molecule has 17 heavy (non-hydrogen) atoms. The molecule has 0 amide bonds. The second-order valence-corrected chi connectivity index (χ2v) is 3.97. The zero-order valence-corrected chi connectivity index (χ0v) is 9.37. The third-order valence-corrected chi connectivity index (χ3v) is 2.91. The van der Waals surface area contributed by atoms with Crippen molar-refractivity contribution >= 4 is 11.4 Å². The highest BCUT2D eigenvalue weighted by Crippen LogP contribution is 2.31. The van der Waals surface area contributed by atoms with Crippen LogP contribution in [0, 0.1) is 5.82 Å². The Hall–Kier alpha value is -2.11. The van der Waals surface area contributed by atoms with Crippen LogP contribution in [0.2, 0.25) is 0 Å². The van der Waals surface area contributed by atoms with E-state index in [1.807, 2.05) is 11.5 Å². The summed E-state index contributed by atoms with van der Waals surface area (Å²) >= 11 is 0. The van der Waals surface area contributed by atoms with Crippen molar-refractivity contribution in [1.82, 2.24) is 14.8 Å². The van der Waals surface area contributed by atoms with Crippen LogP contribution in [-0.4, -0.2) is 14.8 Å². The van der Waals surface area contributed by atoms with Crippen molar-refractivity contribution in [1.29, 1.82) is 0 Å². The van der Waals surface area contributed by atoms with E-state index in [0.29, 0.717) is 6.54 Å². The Balaban J connectivity index is 2.27. The summed E-state index contributed by atoms with van der Waals surface area (Å²) in [7, 11) is 0. The molecule has 3 N–H and O–H groups in total. The van der Waals surface area contributed by atoms with Gasteiger partial charge in [-0.3, -0.25) is 4.57 Å². The van der Waals surface area contributed by atoms with Gasteiger partial charge in [-0.1, -0.05) is 6.92 Å². The van der Waals surface area contributed by atoms with Crippen molar-refractivity contribution in [3.8, 4) is 5.69 Å². The Morgan fingerprint density at radius 2 is 2.29 bits per heavy atom. The lowest BCUT2D eigenvalue weighted by Crippen LogP contribution is -2.17. The van der Waals surface area contributed by atoms with Gasteiger partial charge in [0.15, 0.2) is 5.82 Å². The Kier molecular flexibility index (Phi) is 2.04. The van der Waals surface area contributed by atoms with Crippen LogP contribution in [-0.2, 0) is 13.0 Å². The van der Waals surface area contributed by atoms with E-state index in [-0.39, 0.29) is 5.69 Å². The fourth-order valence-electron chi connectivity index (χ4n) is 2.06. The zero-order valence-electron chi connectivity index (χ0n) is 9.37. The van der Waals surface area contributed by atoms with Crippen LogP contribution in [0.5, 0.6) is 0 Å². The van der Waals surface area contributed by atoms with Gasteiger partial charge < -0.3 is 11.1 Å². The summed E-state index contributed by atoms with van der Waals surface area (Å²) in [6, 6.07) is 3.02. The molecule has 0 radical (unpaired) electrons. The highest BCUT2D eigenvalue weighted by molar-refractivity contribution is 5.69. The lowest BCUT2D eigenvalue weighted by molar-refractivity contribution is 0.630. The Labute approximate surface area is 97.5 Å². The highest BCUT2D eigenvalue weighted by Gasteiger charge is 2.21. The number of hydrogen-bond acceptors (Lipinski definition) is 4. The number of fused-ring (bicyclic) bond motifs is 3. The molecule has 2 heterocycles. The molecule has 0 saturated heterocycles. The van der Waals surface area contributed by atoms with Gasteiger partial charge in [-0.15, -0.1) is 10.2 Å². The number of anilines is 2. The van der Waals surface area contributed by atoms with Gasteiger partial charge in [0, 0.05) is 12.5 Å². The molecule has 0 unspecified atom stereocenters. The van der Waals surface area contributed by atoms with Crippen LogP contribution in [0.3, 0.4) is 0 Å². The molecule has 5 nitrogen and oxygen atoms in total. The van der Waals surface area contributed by atoms with E-state index < -0.39 is 5.82 Å². The van der Waals surface area contributed by atoms with Gasteiger partial charge in [-0.05, 0) is 6.07 Å². The van der Waals surface area contributed by atoms with Crippen molar-refractivity contribution in [3.63, 3.8) is 0 Å². The number of benzene rings is 1. The van der Waals surface area contributed by atoms with Crippen molar-refractivity contribution < 1.29 is 4.39 Å². The topological polar surface area (TPSA) is 68.8 Å². The third kappa shape index (κ3) is 1.37. The number of nitrogen functional groups attached to an aromatic ring is 1. The van der Waals surface area contributed by atoms with E-state index in [4.69, 9.17) is 5.73 Å². The van der Waals surface area contributed by atoms with Gasteiger partial charge in [0.05, 0.1) is 23.6 Å². The molecule has 88 valence electrons. The van der Waals surface area contributed by atoms with Crippen LogP contribution in [0.4, 0.5) is 15.8 Å². The van der Waals surface area contributed by atoms with Gasteiger partial charge in [0.1, 0.15) is 11.6 Å². The lowest BCUT2D eigenvalue weighted by Gasteiger charge is -2.21. The van der Waals surface area contributed by atoms with E-state index in [1.165, 1.54) is 6.07 Å².